The monoisotopic (exact) mass is 248 g/mol. The number of ether oxygens (including phenoxy) is 2. The molecule has 1 aliphatic heterocycles. The lowest BCUT2D eigenvalue weighted by Crippen LogP contribution is -2.04. The van der Waals surface area contributed by atoms with Crippen LogP contribution in [-0.2, 0) is 16.0 Å². The maximum absolute atomic E-state index is 10.6. The van der Waals surface area contributed by atoms with Gasteiger partial charge in [-0.05, 0) is 30.5 Å². The van der Waals surface area contributed by atoms with Crippen LogP contribution in [0.3, 0.4) is 0 Å². The Bertz CT molecular complexity index is 449. The van der Waals surface area contributed by atoms with Gasteiger partial charge in [0.25, 0.3) is 0 Å². The minimum atomic E-state index is -0.937. The summed E-state index contributed by atoms with van der Waals surface area (Å²) in [5, 5.41) is 8.73. The number of epoxide rings is 1. The lowest BCUT2D eigenvalue weighted by Gasteiger charge is -2.07. The highest BCUT2D eigenvalue weighted by Crippen LogP contribution is 2.18. The van der Waals surface area contributed by atoms with Crippen LogP contribution in [0.15, 0.2) is 36.4 Å². The molecule has 1 atom stereocenters. The van der Waals surface area contributed by atoms with Gasteiger partial charge >= 0.3 is 5.97 Å². The van der Waals surface area contributed by atoms with Gasteiger partial charge in [0, 0.05) is 5.57 Å². The summed E-state index contributed by atoms with van der Waals surface area (Å²) in [6.45, 7) is 4.86. The van der Waals surface area contributed by atoms with Crippen LogP contribution in [0.2, 0.25) is 0 Å². The molecular weight excluding hydrogens is 232 g/mol. The zero-order valence-corrected chi connectivity index (χ0v) is 10.1. The summed E-state index contributed by atoms with van der Waals surface area (Å²) in [5.41, 5.74) is 1.28. The lowest BCUT2D eigenvalue weighted by atomic mass is 10.1. The summed E-state index contributed by atoms with van der Waals surface area (Å²) in [4.78, 5) is 10.6. The standard InChI is InChI=1S/C14H16O4/c1-10(14(15)16)5-6-11-3-2-4-12(7-11)17-8-13-9-18-13/h2-4,7,13H,1,5-6,8-9H2,(H,15,16). The zero-order chi connectivity index (χ0) is 13.0. The number of aryl methyl sites for hydroxylation is 1. The number of benzene rings is 1. The summed E-state index contributed by atoms with van der Waals surface area (Å²) in [7, 11) is 0. The van der Waals surface area contributed by atoms with Crippen LogP contribution in [0, 0.1) is 0 Å². The van der Waals surface area contributed by atoms with Gasteiger partial charge in [-0.3, -0.25) is 0 Å². The second-order valence-electron chi connectivity index (χ2n) is 4.32. The Kier molecular flexibility index (Phi) is 3.99. The summed E-state index contributed by atoms with van der Waals surface area (Å²) in [6.07, 6.45) is 1.34. The Hall–Kier alpha value is -1.81. The first-order valence-corrected chi connectivity index (χ1v) is 5.89. The molecule has 0 saturated carbocycles. The lowest BCUT2D eigenvalue weighted by molar-refractivity contribution is -0.132. The number of hydrogen-bond acceptors (Lipinski definition) is 3. The first-order chi connectivity index (χ1) is 8.65. The van der Waals surface area contributed by atoms with Gasteiger partial charge in [0.15, 0.2) is 0 Å². The number of carboxylic acid groups (broad SMARTS) is 1. The van der Waals surface area contributed by atoms with Crippen molar-refractivity contribution in [3.05, 3.63) is 42.0 Å². The highest BCUT2D eigenvalue weighted by molar-refractivity contribution is 5.85. The Morgan fingerprint density at radius 2 is 2.33 bits per heavy atom. The predicted octanol–water partition coefficient (Wildman–Crippen LogP) is 2.04. The second kappa shape index (κ2) is 5.69. The van der Waals surface area contributed by atoms with Gasteiger partial charge in [-0.15, -0.1) is 0 Å². The van der Waals surface area contributed by atoms with Crippen LogP contribution >= 0.6 is 0 Å². The number of carbonyl (C=O) groups is 1. The van der Waals surface area contributed by atoms with Crippen molar-refractivity contribution in [2.24, 2.45) is 0 Å². The second-order valence-corrected chi connectivity index (χ2v) is 4.32. The van der Waals surface area contributed by atoms with Crippen molar-refractivity contribution in [1.29, 1.82) is 0 Å². The maximum Gasteiger partial charge on any atom is 0.330 e. The molecule has 2 rings (SSSR count). The molecule has 4 nitrogen and oxygen atoms in total. The average molecular weight is 248 g/mol. The molecule has 0 radical (unpaired) electrons. The molecule has 96 valence electrons. The molecule has 0 bridgehead atoms. The third-order valence-corrected chi connectivity index (χ3v) is 2.75. The largest absolute Gasteiger partial charge is 0.491 e. The van der Waals surface area contributed by atoms with Crippen LogP contribution in [0.1, 0.15) is 12.0 Å². The van der Waals surface area contributed by atoms with Gasteiger partial charge in [-0.2, -0.15) is 0 Å². The van der Waals surface area contributed by atoms with Crippen molar-refractivity contribution in [2.75, 3.05) is 13.2 Å². The zero-order valence-electron chi connectivity index (χ0n) is 10.1. The minimum absolute atomic E-state index is 0.229. The fourth-order valence-corrected chi connectivity index (χ4v) is 1.55. The third-order valence-electron chi connectivity index (χ3n) is 2.75. The normalized spacial score (nSPS) is 17.2. The molecule has 18 heavy (non-hydrogen) atoms. The number of carboxylic acids is 1. The smallest absolute Gasteiger partial charge is 0.330 e. The number of aliphatic carboxylic acids is 1. The molecule has 1 fully saturated rings. The molecule has 1 aromatic carbocycles. The molecule has 1 N–H and O–H groups in total. The highest BCUT2D eigenvalue weighted by Gasteiger charge is 2.22. The molecule has 1 heterocycles. The van der Waals surface area contributed by atoms with Gasteiger partial charge in [0.1, 0.15) is 18.5 Å². The minimum Gasteiger partial charge on any atom is -0.491 e. The molecule has 0 spiro atoms. The van der Waals surface area contributed by atoms with Crippen molar-refractivity contribution in [3.8, 4) is 5.75 Å². The maximum atomic E-state index is 10.6. The fraction of sp³-hybridized carbons (Fsp3) is 0.357. The Morgan fingerprint density at radius 3 is 3.00 bits per heavy atom. The van der Waals surface area contributed by atoms with E-state index in [9.17, 15) is 4.79 Å². The summed E-state index contributed by atoms with van der Waals surface area (Å²) >= 11 is 0. The van der Waals surface area contributed by atoms with Crippen molar-refractivity contribution in [1.82, 2.24) is 0 Å². The topological polar surface area (TPSA) is 59.1 Å². The first-order valence-electron chi connectivity index (χ1n) is 5.89. The fourth-order valence-electron chi connectivity index (χ4n) is 1.55. The van der Waals surface area contributed by atoms with E-state index in [1.165, 1.54) is 0 Å². The third kappa shape index (κ3) is 3.89. The molecule has 0 aromatic heterocycles. The number of rotatable bonds is 7. The molecule has 0 amide bonds. The van der Waals surface area contributed by atoms with Gasteiger partial charge < -0.3 is 14.6 Å². The van der Waals surface area contributed by atoms with E-state index >= 15 is 0 Å². The van der Waals surface area contributed by atoms with E-state index in [0.717, 1.165) is 17.9 Å². The van der Waals surface area contributed by atoms with E-state index < -0.39 is 5.97 Å². The van der Waals surface area contributed by atoms with Crippen LogP contribution in [0.4, 0.5) is 0 Å². The molecule has 1 saturated heterocycles. The quantitative estimate of drug-likeness (QED) is 0.592. The van der Waals surface area contributed by atoms with E-state index in [2.05, 4.69) is 6.58 Å². The summed E-state index contributed by atoms with van der Waals surface area (Å²) in [5.74, 6) is -0.141. The average Bonchev–Trinajstić information content (AvgIpc) is 3.18. The van der Waals surface area contributed by atoms with Crippen molar-refractivity contribution in [2.45, 2.75) is 18.9 Å². The van der Waals surface area contributed by atoms with E-state index in [-0.39, 0.29) is 11.7 Å². The van der Waals surface area contributed by atoms with Crippen LogP contribution in [-0.4, -0.2) is 30.4 Å². The molecule has 4 heteroatoms. The van der Waals surface area contributed by atoms with E-state index in [1.807, 2.05) is 24.3 Å². The molecular formula is C14H16O4. The molecule has 0 aliphatic carbocycles. The molecule has 1 aliphatic rings. The van der Waals surface area contributed by atoms with Crippen molar-refractivity contribution < 1.29 is 19.4 Å². The number of hydrogen-bond donors (Lipinski definition) is 1. The summed E-state index contributed by atoms with van der Waals surface area (Å²) in [6, 6.07) is 7.67. The Balaban J connectivity index is 1.85. The van der Waals surface area contributed by atoms with Crippen LogP contribution in [0.25, 0.3) is 0 Å². The van der Waals surface area contributed by atoms with Crippen molar-refractivity contribution >= 4 is 5.97 Å². The van der Waals surface area contributed by atoms with Crippen LogP contribution in [0.5, 0.6) is 5.75 Å². The van der Waals surface area contributed by atoms with Gasteiger partial charge in [0.2, 0.25) is 0 Å². The van der Waals surface area contributed by atoms with E-state index in [4.69, 9.17) is 14.6 Å². The van der Waals surface area contributed by atoms with E-state index in [1.54, 1.807) is 0 Å². The van der Waals surface area contributed by atoms with Gasteiger partial charge in [-0.1, -0.05) is 18.7 Å². The highest BCUT2D eigenvalue weighted by atomic mass is 16.6. The van der Waals surface area contributed by atoms with Gasteiger partial charge in [-0.25, -0.2) is 4.79 Å². The van der Waals surface area contributed by atoms with Crippen LogP contribution < -0.4 is 4.74 Å². The van der Waals surface area contributed by atoms with Crippen molar-refractivity contribution in [3.63, 3.8) is 0 Å². The van der Waals surface area contributed by atoms with E-state index in [0.29, 0.717) is 19.4 Å². The molecule has 1 unspecified atom stereocenters. The van der Waals surface area contributed by atoms with Gasteiger partial charge in [0.05, 0.1) is 6.61 Å². The Morgan fingerprint density at radius 1 is 1.56 bits per heavy atom. The summed E-state index contributed by atoms with van der Waals surface area (Å²) < 4.78 is 10.6. The SMILES string of the molecule is C=C(CCc1cccc(OCC2CO2)c1)C(=O)O. The first kappa shape index (κ1) is 12.6. The molecule has 1 aromatic rings. The predicted molar refractivity (Wildman–Crippen MR) is 66.8 cm³/mol. The Labute approximate surface area is 106 Å².